The summed E-state index contributed by atoms with van der Waals surface area (Å²) in [6.07, 6.45) is 4.60. The van der Waals surface area contributed by atoms with Crippen molar-refractivity contribution >= 4 is 49.9 Å². The second-order valence-electron chi connectivity index (χ2n) is 9.73. The molecule has 3 heterocycles. The lowest BCUT2D eigenvalue weighted by Crippen LogP contribution is -2.41. The molecular weight excluding hydrogens is 496 g/mol. The van der Waals surface area contributed by atoms with E-state index in [9.17, 15) is 13.2 Å². The molecule has 2 aromatic carbocycles. The Labute approximate surface area is 217 Å². The molecule has 36 heavy (non-hydrogen) atoms. The Morgan fingerprint density at radius 2 is 1.81 bits per heavy atom. The maximum absolute atomic E-state index is 13.1. The van der Waals surface area contributed by atoms with E-state index in [-0.39, 0.29) is 11.8 Å². The highest BCUT2D eigenvalue weighted by atomic mass is 35.5. The normalized spacial score (nSPS) is 19.4. The quantitative estimate of drug-likeness (QED) is 0.492. The number of piperidine rings is 2. The lowest BCUT2D eigenvalue weighted by Gasteiger charge is -2.33. The SMILES string of the molecule is Cc1ccc(NC(=O)C2CCCN(c3ccc4cc(S(=O)(=O)N5CCCCC5)ccc4n3)C2)cc1Cl. The zero-order valence-electron chi connectivity index (χ0n) is 20.4. The average molecular weight is 527 g/mol. The number of carbonyl (C=O) groups is 1. The highest BCUT2D eigenvalue weighted by Crippen LogP contribution is 2.28. The van der Waals surface area contributed by atoms with Crippen LogP contribution in [-0.4, -0.2) is 49.8 Å². The Bertz CT molecular complexity index is 1390. The number of halogens is 1. The van der Waals surface area contributed by atoms with Crippen LogP contribution in [0.25, 0.3) is 10.9 Å². The lowest BCUT2D eigenvalue weighted by molar-refractivity contribution is -0.120. The number of sulfonamides is 1. The van der Waals surface area contributed by atoms with E-state index in [1.807, 2.05) is 31.2 Å². The van der Waals surface area contributed by atoms with Gasteiger partial charge in [-0.1, -0.05) is 24.1 Å². The summed E-state index contributed by atoms with van der Waals surface area (Å²) in [5, 5.41) is 4.42. The van der Waals surface area contributed by atoms with E-state index < -0.39 is 10.0 Å². The van der Waals surface area contributed by atoms with Gasteiger partial charge in [0.05, 0.1) is 16.3 Å². The number of carbonyl (C=O) groups excluding carboxylic acids is 1. The van der Waals surface area contributed by atoms with Gasteiger partial charge in [-0.3, -0.25) is 4.79 Å². The smallest absolute Gasteiger partial charge is 0.243 e. The number of nitrogens with zero attached hydrogens (tertiary/aromatic N) is 3. The van der Waals surface area contributed by atoms with Gasteiger partial charge in [-0.25, -0.2) is 13.4 Å². The number of nitrogens with one attached hydrogen (secondary N) is 1. The van der Waals surface area contributed by atoms with Crippen molar-refractivity contribution in [3.8, 4) is 0 Å². The summed E-state index contributed by atoms with van der Waals surface area (Å²) in [7, 11) is -3.49. The second kappa shape index (κ2) is 10.4. The van der Waals surface area contributed by atoms with E-state index in [2.05, 4.69) is 10.2 Å². The molecule has 0 radical (unpaired) electrons. The van der Waals surface area contributed by atoms with E-state index in [0.717, 1.165) is 60.9 Å². The third kappa shape index (κ3) is 5.21. The van der Waals surface area contributed by atoms with Crippen molar-refractivity contribution in [1.82, 2.24) is 9.29 Å². The number of aromatic nitrogens is 1. The minimum absolute atomic E-state index is 0.0204. The molecule has 0 saturated carbocycles. The number of fused-ring (bicyclic) bond motifs is 1. The molecule has 2 aliphatic rings. The van der Waals surface area contributed by atoms with Gasteiger partial charge in [-0.2, -0.15) is 4.31 Å². The number of aryl methyl sites for hydroxylation is 1. The number of benzene rings is 2. The van der Waals surface area contributed by atoms with Crippen molar-refractivity contribution in [2.45, 2.75) is 43.9 Å². The van der Waals surface area contributed by atoms with Gasteiger partial charge in [-0.05, 0) is 80.6 Å². The first-order chi connectivity index (χ1) is 17.3. The lowest BCUT2D eigenvalue weighted by atomic mass is 9.97. The molecule has 3 aromatic rings. The fourth-order valence-electron chi connectivity index (χ4n) is 5.00. The molecule has 2 aliphatic heterocycles. The molecule has 5 rings (SSSR count). The van der Waals surface area contributed by atoms with Crippen molar-refractivity contribution in [2.24, 2.45) is 5.92 Å². The molecule has 1 amide bonds. The monoisotopic (exact) mass is 526 g/mol. The zero-order chi connectivity index (χ0) is 25.3. The van der Waals surface area contributed by atoms with Crippen molar-refractivity contribution in [1.29, 1.82) is 0 Å². The summed E-state index contributed by atoms with van der Waals surface area (Å²) in [5.74, 6) is 0.617. The average Bonchev–Trinajstić information content (AvgIpc) is 2.90. The Kier molecular flexibility index (Phi) is 7.19. The number of rotatable bonds is 5. The molecule has 7 nitrogen and oxygen atoms in total. The Balaban J connectivity index is 1.30. The van der Waals surface area contributed by atoms with Crippen LogP contribution in [0.4, 0.5) is 11.5 Å². The predicted octanol–water partition coefficient (Wildman–Crippen LogP) is 5.23. The molecule has 1 aromatic heterocycles. The molecule has 9 heteroatoms. The van der Waals surface area contributed by atoms with Crippen LogP contribution in [0.5, 0.6) is 0 Å². The van der Waals surface area contributed by atoms with Crippen molar-refractivity contribution < 1.29 is 13.2 Å². The van der Waals surface area contributed by atoms with Gasteiger partial charge in [-0.15, -0.1) is 0 Å². The van der Waals surface area contributed by atoms with Crippen LogP contribution in [0.2, 0.25) is 5.02 Å². The first-order valence-corrected chi connectivity index (χ1v) is 14.4. The predicted molar refractivity (Wildman–Crippen MR) is 144 cm³/mol. The Morgan fingerprint density at radius 1 is 1.00 bits per heavy atom. The van der Waals surface area contributed by atoms with Crippen LogP contribution >= 0.6 is 11.6 Å². The first-order valence-electron chi connectivity index (χ1n) is 12.5. The number of pyridine rings is 1. The topological polar surface area (TPSA) is 82.6 Å². The Morgan fingerprint density at radius 3 is 2.58 bits per heavy atom. The van der Waals surface area contributed by atoms with Crippen LogP contribution in [0, 0.1) is 12.8 Å². The highest BCUT2D eigenvalue weighted by molar-refractivity contribution is 7.89. The molecule has 0 bridgehead atoms. The van der Waals surface area contributed by atoms with Crippen molar-refractivity contribution in [2.75, 3.05) is 36.4 Å². The molecule has 1 atom stereocenters. The second-order valence-corrected chi connectivity index (χ2v) is 12.1. The van der Waals surface area contributed by atoms with Crippen LogP contribution < -0.4 is 10.2 Å². The van der Waals surface area contributed by atoms with Gasteiger partial charge in [0, 0.05) is 42.3 Å². The summed E-state index contributed by atoms with van der Waals surface area (Å²) in [6, 6.07) is 14.5. The molecule has 190 valence electrons. The third-order valence-electron chi connectivity index (χ3n) is 7.15. The van der Waals surface area contributed by atoms with Crippen LogP contribution in [0.1, 0.15) is 37.7 Å². The minimum Gasteiger partial charge on any atom is -0.356 e. The largest absolute Gasteiger partial charge is 0.356 e. The summed E-state index contributed by atoms with van der Waals surface area (Å²) in [4.78, 5) is 20.2. The van der Waals surface area contributed by atoms with Gasteiger partial charge in [0.25, 0.3) is 0 Å². The Hall–Kier alpha value is -2.68. The maximum Gasteiger partial charge on any atom is 0.243 e. The van der Waals surface area contributed by atoms with Crippen molar-refractivity contribution in [3.05, 3.63) is 59.1 Å². The van der Waals surface area contributed by atoms with Gasteiger partial charge >= 0.3 is 0 Å². The number of hydrogen-bond donors (Lipinski definition) is 1. The standard InChI is InChI=1S/C27H31ClN4O3S/c1-19-7-9-22(17-24(19)28)29-27(33)21-6-5-13-31(18-21)26-12-8-20-16-23(10-11-25(20)30-26)36(34,35)32-14-3-2-4-15-32/h7-12,16-17,21H,2-6,13-15,18H2,1H3,(H,29,33). The molecule has 2 saturated heterocycles. The van der Waals surface area contributed by atoms with Crippen LogP contribution in [0.15, 0.2) is 53.4 Å². The van der Waals surface area contributed by atoms with E-state index in [1.165, 1.54) is 0 Å². The summed E-state index contributed by atoms with van der Waals surface area (Å²) in [5.41, 5.74) is 2.41. The summed E-state index contributed by atoms with van der Waals surface area (Å²) < 4.78 is 27.7. The van der Waals surface area contributed by atoms with Gasteiger partial charge in [0.15, 0.2) is 0 Å². The van der Waals surface area contributed by atoms with Crippen LogP contribution in [0.3, 0.4) is 0 Å². The number of anilines is 2. The van der Waals surface area contributed by atoms with Gasteiger partial charge < -0.3 is 10.2 Å². The third-order valence-corrected chi connectivity index (χ3v) is 9.46. The van der Waals surface area contributed by atoms with Gasteiger partial charge in [0.1, 0.15) is 5.82 Å². The highest BCUT2D eigenvalue weighted by Gasteiger charge is 2.28. The molecule has 2 fully saturated rings. The van der Waals surface area contributed by atoms with E-state index >= 15 is 0 Å². The molecule has 0 aliphatic carbocycles. The fourth-order valence-corrected chi connectivity index (χ4v) is 6.73. The van der Waals surface area contributed by atoms with Gasteiger partial charge in [0.2, 0.25) is 15.9 Å². The minimum atomic E-state index is -3.49. The first kappa shape index (κ1) is 25.0. The van der Waals surface area contributed by atoms with E-state index in [1.54, 1.807) is 28.6 Å². The number of hydrogen-bond acceptors (Lipinski definition) is 5. The number of amides is 1. The summed E-state index contributed by atoms with van der Waals surface area (Å²) >= 11 is 6.20. The molecule has 0 spiro atoms. The van der Waals surface area contributed by atoms with Crippen molar-refractivity contribution in [3.63, 3.8) is 0 Å². The zero-order valence-corrected chi connectivity index (χ0v) is 22.0. The maximum atomic E-state index is 13.1. The fraction of sp³-hybridized carbons (Fsp3) is 0.407. The van der Waals surface area contributed by atoms with E-state index in [0.29, 0.717) is 35.2 Å². The van der Waals surface area contributed by atoms with Crippen LogP contribution in [-0.2, 0) is 14.8 Å². The molecule has 1 unspecified atom stereocenters. The van der Waals surface area contributed by atoms with E-state index in [4.69, 9.17) is 16.6 Å². The molecular formula is C27H31ClN4O3S. The molecule has 1 N–H and O–H groups in total. The summed E-state index contributed by atoms with van der Waals surface area (Å²) in [6.45, 7) is 4.49.